The summed E-state index contributed by atoms with van der Waals surface area (Å²) in [7, 11) is -1.45. The van der Waals surface area contributed by atoms with Gasteiger partial charge in [-0.3, -0.25) is 19.7 Å². The maximum Gasteiger partial charge on any atom is 0.270 e. The van der Waals surface area contributed by atoms with E-state index in [0.29, 0.717) is 29.4 Å². The number of hydrogen-bond acceptors (Lipinski definition) is 10. The molecule has 2 N–H and O–H groups in total. The van der Waals surface area contributed by atoms with Crippen molar-refractivity contribution in [2.75, 3.05) is 27.3 Å². The Bertz CT molecular complexity index is 1800. The van der Waals surface area contributed by atoms with Gasteiger partial charge in [0.25, 0.3) is 10.8 Å². The number of hydrogen-bond donors (Lipinski definition) is 2. The molecule has 0 bridgehead atoms. The van der Waals surface area contributed by atoms with Crippen LogP contribution >= 0.6 is 0 Å². The second-order valence-corrected chi connectivity index (χ2v) is 12.0. The second-order valence-electron chi connectivity index (χ2n) is 10.1. The van der Waals surface area contributed by atoms with E-state index in [9.17, 15) is 28.1 Å². The summed E-state index contributed by atoms with van der Waals surface area (Å²) in [5.74, 6) is 0.813. The monoisotopic (exact) mass is 647 g/mol. The largest absolute Gasteiger partial charge is 0.496 e. The first-order valence-electron chi connectivity index (χ1n) is 14.1. The highest BCUT2D eigenvalue weighted by molar-refractivity contribution is 8.06. The molecule has 0 radical (unpaired) electrons. The SMILES string of the molecule is COc1cc(OCc2cccc(-c3ccccc3)c2C)cc(OC)c1CNCC(=O)NCC(=O)S(=O)(=O)c1ccc([N+](=O)[O-])cc1. The van der Waals surface area contributed by atoms with Gasteiger partial charge in [-0.1, -0.05) is 48.5 Å². The molecule has 1 amide bonds. The first kappa shape index (κ1) is 33.6. The van der Waals surface area contributed by atoms with Gasteiger partial charge in [-0.25, -0.2) is 8.42 Å². The summed E-state index contributed by atoms with van der Waals surface area (Å²) in [5.41, 5.74) is 4.67. The van der Waals surface area contributed by atoms with E-state index in [1.807, 2.05) is 30.3 Å². The third-order valence-electron chi connectivity index (χ3n) is 7.18. The van der Waals surface area contributed by atoms with Gasteiger partial charge in [-0.2, -0.15) is 0 Å². The van der Waals surface area contributed by atoms with Crippen LogP contribution < -0.4 is 24.8 Å². The number of benzene rings is 4. The molecule has 13 heteroatoms. The molecular formula is C33H33N3O9S. The van der Waals surface area contributed by atoms with Crippen LogP contribution in [0.25, 0.3) is 11.1 Å². The predicted octanol–water partition coefficient (Wildman–Crippen LogP) is 4.37. The zero-order chi connectivity index (χ0) is 33.3. The molecule has 240 valence electrons. The Morgan fingerprint density at radius 1 is 0.870 bits per heavy atom. The van der Waals surface area contributed by atoms with E-state index in [4.69, 9.17) is 14.2 Å². The lowest BCUT2D eigenvalue weighted by atomic mass is 9.97. The van der Waals surface area contributed by atoms with Crippen LogP contribution in [0.15, 0.2) is 89.8 Å². The van der Waals surface area contributed by atoms with Crippen molar-refractivity contribution in [3.63, 3.8) is 0 Å². The molecular weight excluding hydrogens is 614 g/mol. The van der Waals surface area contributed by atoms with Gasteiger partial charge in [-0.15, -0.1) is 0 Å². The number of methoxy groups -OCH3 is 2. The van der Waals surface area contributed by atoms with Crippen LogP contribution in [0.4, 0.5) is 5.69 Å². The van der Waals surface area contributed by atoms with Gasteiger partial charge in [0.05, 0.1) is 42.7 Å². The summed E-state index contributed by atoms with van der Waals surface area (Å²) in [4.78, 5) is 34.4. The second kappa shape index (κ2) is 15.1. The summed E-state index contributed by atoms with van der Waals surface area (Å²) in [6.07, 6.45) is 0. The van der Waals surface area contributed by atoms with Gasteiger partial charge in [0, 0.05) is 30.8 Å². The smallest absolute Gasteiger partial charge is 0.270 e. The predicted molar refractivity (Wildman–Crippen MR) is 170 cm³/mol. The molecule has 0 saturated heterocycles. The summed E-state index contributed by atoms with van der Waals surface area (Å²) >= 11 is 0. The van der Waals surface area contributed by atoms with Crippen molar-refractivity contribution in [1.82, 2.24) is 10.6 Å². The number of nitro benzene ring substituents is 1. The van der Waals surface area contributed by atoms with Crippen LogP contribution in [0.2, 0.25) is 0 Å². The summed E-state index contributed by atoms with van der Waals surface area (Å²) in [5, 5.41) is 14.7. The van der Waals surface area contributed by atoms with Gasteiger partial charge < -0.3 is 24.8 Å². The molecule has 0 aliphatic rings. The van der Waals surface area contributed by atoms with Gasteiger partial charge in [0.15, 0.2) is 0 Å². The first-order valence-corrected chi connectivity index (χ1v) is 15.5. The van der Waals surface area contributed by atoms with Crippen molar-refractivity contribution in [2.45, 2.75) is 25.0 Å². The van der Waals surface area contributed by atoms with E-state index in [0.717, 1.165) is 46.5 Å². The molecule has 4 rings (SSSR count). The van der Waals surface area contributed by atoms with Gasteiger partial charge in [-0.05, 0) is 41.3 Å². The number of carbonyl (C=O) groups excluding carboxylic acids is 2. The third kappa shape index (κ3) is 8.06. The Morgan fingerprint density at radius 2 is 1.52 bits per heavy atom. The summed E-state index contributed by atoms with van der Waals surface area (Å²) in [6, 6.07) is 23.5. The number of ether oxygens (including phenoxy) is 3. The molecule has 46 heavy (non-hydrogen) atoms. The van der Waals surface area contributed by atoms with E-state index in [1.165, 1.54) is 14.2 Å². The van der Waals surface area contributed by atoms with E-state index in [2.05, 4.69) is 35.8 Å². The molecule has 0 aromatic heterocycles. The molecule has 0 unspecified atom stereocenters. The highest BCUT2D eigenvalue weighted by Gasteiger charge is 2.26. The molecule has 4 aromatic carbocycles. The van der Waals surface area contributed by atoms with E-state index >= 15 is 0 Å². The Balaban J connectivity index is 1.34. The van der Waals surface area contributed by atoms with Crippen LogP contribution in [0.1, 0.15) is 16.7 Å². The topological polar surface area (TPSA) is 163 Å². The van der Waals surface area contributed by atoms with Crippen LogP contribution in [0, 0.1) is 17.0 Å². The lowest BCUT2D eigenvalue weighted by Crippen LogP contribution is -2.38. The van der Waals surface area contributed by atoms with E-state index in [1.54, 1.807) is 12.1 Å². The average Bonchev–Trinajstić information content (AvgIpc) is 3.07. The fourth-order valence-corrected chi connectivity index (χ4v) is 5.68. The van der Waals surface area contributed by atoms with Crippen molar-refractivity contribution >= 4 is 26.5 Å². The molecule has 0 heterocycles. The van der Waals surface area contributed by atoms with Crippen LogP contribution in [-0.4, -0.2) is 51.7 Å². The van der Waals surface area contributed by atoms with Crippen LogP contribution in [-0.2, 0) is 32.6 Å². The quantitative estimate of drug-likeness (QED) is 0.148. The fraction of sp³-hybridized carbons (Fsp3) is 0.212. The highest BCUT2D eigenvalue weighted by Crippen LogP contribution is 2.35. The number of rotatable bonds is 14. The van der Waals surface area contributed by atoms with Gasteiger partial charge >= 0.3 is 0 Å². The van der Waals surface area contributed by atoms with Crippen molar-refractivity contribution in [3.8, 4) is 28.4 Å². The van der Waals surface area contributed by atoms with Gasteiger partial charge in [0.1, 0.15) is 23.9 Å². The Kier molecular flexibility index (Phi) is 11.1. The maximum atomic E-state index is 12.5. The lowest BCUT2D eigenvalue weighted by Gasteiger charge is -2.17. The number of nitro groups is 1. The average molecular weight is 648 g/mol. The molecule has 0 atom stereocenters. The minimum absolute atomic E-state index is 0.146. The molecule has 0 aliphatic heterocycles. The first-order chi connectivity index (χ1) is 22.0. The minimum Gasteiger partial charge on any atom is -0.496 e. The van der Waals surface area contributed by atoms with Crippen LogP contribution in [0.3, 0.4) is 0 Å². The maximum absolute atomic E-state index is 12.5. The normalized spacial score (nSPS) is 11.0. The third-order valence-corrected chi connectivity index (χ3v) is 8.82. The van der Waals surface area contributed by atoms with Crippen molar-refractivity contribution < 1.29 is 37.1 Å². The van der Waals surface area contributed by atoms with Crippen molar-refractivity contribution in [1.29, 1.82) is 0 Å². The molecule has 0 saturated carbocycles. The number of nitrogens with one attached hydrogen (secondary N) is 2. The Labute approximate surface area is 266 Å². The van der Waals surface area contributed by atoms with Crippen molar-refractivity contribution in [3.05, 3.63) is 112 Å². The molecule has 0 fully saturated rings. The number of amides is 1. The minimum atomic E-state index is -4.44. The zero-order valence-electron chi connectivity index (χ0n) is 25.4. The number of carbonyl (C=O) groups is 2. The molecule has 0 spiro atoms. The number of nitrogens with zero attached hydrogens (tertiary/aromatic N) is 1. The Hall–Kier alpha value is -5.27. The van der Waals surface area contributed by atoms with Gasteiger partial charge in [0.2, 0.25) is 15.7 Å². The summed E-state index contributed by atoms with van der Waals surface area (Å²) in [6.45, 7) is 1.50. The molecule has 12 nitrogen and oxygen atoms in total. The lowest BCUT2D eigenvalue weighted by molar-refractivity contribution is -0.384. The number of sulfone groups is 1. The van der Waals surface area contributed by atoms with E-state index < -0.39 is 37.2 Å². The zero-order valence-corrected chi connectivity index (χ0v) is 26.3. The number of non-ortho nitro benzene ring substituents is 1. The van der Waals surface area contributed by atoms with E-state index in [-0.39, 0.29) is 18.8 Å². The molecule has 0 aliphatic carbocycles. The Morgan fingerprint density at radius 3 is 2.13 bits per heavy atom. The summed E-state index contributed by atoms with van der Waals surface area (Å²) < 4.78 is 42.2. The highest BCUT2D eigenvalue weighted by atomic mass is 32.2. The standard InChI is InChI=1S/C33H33N3O9S/c1-22-24(10-7-11-28(22)23-8-5-4-6-9-23)21-45-26-16-30(43-2)29(31(17-26)44-3)18-34-19-32(37)35-20-33(38)46(41,42)27-14-12-25(13-15-27)36(39)40/h4-17,34H,18-21H2,1-3H3,(H,35,37). The van der Waals surface area contributed by atoms with Crippen molar-refractivity contribution in [2.24, 2.45) is 0 Å². The van der Waals surface area contributed by atoms with Crippen LogP contribution in [0.5, 0.6) is 17.2 Å². The molecule has 4 aromatic rings. The fourth-order valence-electron chi connectivity index (χ4n) is 4.66.